The van der Waals surface area contributed by atoms with E-state index in [-0.39, 0.29) is 0 Å². The molecule has 0 fully saturated rings. The van der Waals surface area contributed by atoms with E-state index in [4.69, 9.17) is 0 Å². The maximum Gasteiger partial charge on any atom is -0.0111 e. The third-order valence-electron chi connectivity index (χ3n) is 4.76. The summed E-state index contributed by atoms with van der Waals surface area (Å²) in [6.07, 6.45) is 16.7. The van der Waals surface area contributed by atoms with Gasteiger partial charge >= 0.3 is 0 Å². The molecule has 0 atom stereocenters. The molecule has 0 bridgehead atoms. The highest BCUT2D eigenvalue weighted by Crippen LogP contribution is 2.28. The Hall–Kier alpha value is -3.64. The molecule has 0 saturated carbocycles. The zero-order valence-corrected chi connectivity index (χ0v) is 15.7. The SMILES string of the molecule is C(/C=C/C=C/c1ccc2cccccc1-2)=C\C=C\c1ccc2cccccc1-2. The van der Waals surface area contributed by atoms with Crippen LogP contribution in [0.2, 0.25) is 0 Å². The fourth-order valence-corrected chi connectivity index (χ4v) is 3.34. The van der Waals surface area contributed by atoms with E-state index in [1.54, 1.807) is 0 Å². The number of fused-ring (bicyclic) bond motifs is 2. The van der Waals surface area contributed by atoms with Crippen LogP contribution >= 0.6 is 0 Å². The van der Waals surface area contributed by atoms with Crippen LogP contribution in [0.25, 0.3) is 34.4 Å². The maximum absolute atomic E-state index is 2.16. The number of hydrogen-bond acceptors (Lipinski definition) is 0. The summed E-state index contributed by atoms with van der Waals surface area (Å²) in [5.74, 6) is 0. The average molecular weight is 358 g/mol. The molecule has 134 valence electrons. The second kappa shape index (κ2) is 8.83. The van der Waals surface area contributed by atoms with E-state index in [9.17, 15) is 0 Å². The first-order valence-corrected chi connectivity index (χ1v) is 9.55. The number of rotatable bonds is 5. The normalized spacial score (nSPS) is 12.4. The fourth-order valence-electron chi connectivity index (χ4n) is 3.34. The molecule has 0 aromatic heterocycles. The number of hydrogen-bond donors (Lipinski definition) is 0. The molecule has 0 N–H and O–H groups in total. The van der Waals surface area contributed by atoms with E-state index < -0.39 is 0 Å². The average Bonchev–Trinajstić information content (AvgIpc) is 3.07. The van der Waals surface area contributed by atoms with Gasteiger partial charge in [0.1, 0.15) is 0 Å². The Balaban J connectivity index is 1.36. The molecule has 4 aliphatic carbocycles. The zero-order chi connectivity index (χ0) is 19.0. The van der Waals surface area contributed by atoms with E-state index in [1.165, 1.54) is 33.4 Å². The monoisotopic (exact) mass is 358 g/mol. The van der Waals surface area contributed by atoms with Crippen molar-refractivity contribution in [3.63, 3.8) is 0 Å². The molecule has 0 nitrogen and oxygen atoms in total. The Morgan fingerprint density at radius 2 is 0.786 bits per heavy atom. The van der Waals surface area contributed by atoms with Crippen LogP contribution < -0.4 is 0 Å². The molecule has 0 amide bonds. The molecule has 0 heterocycles. The van der Waals surface area contributed by atoms with E-state index in [0.29, 0.717) is 0 Å². The van der Waals surface area contributed by atoms with Crippen LogP contribution in [0, 0.1) is 0 Å². The fraction of sp³-hybridized carbons (Fsp3) is 0. The molecule has 28 heavy (non-hydrogen) atoms. The van der Waals surface area contributed by atoms with E-state index in [1.807, 2.05) is 0 Å². The molecule has 0 radical (unpaired) electrons. The van der Waals surface area contributed by atoms with Crippen LogP contribution in [0.5, 0.6) is 0 Å². The van der Waals surface area contributed by atoms with Gasteiger partial charge < -0.3 is 0 Å². The second-order valence-electron chi connectivity index (χ2n) is 6.62. The highest BCUT2D eigenvalue weighted by atomic mass is 14.1. The minimum absolute atomic E-state index is 1.25. The van der Waals surface area contributed by atoms with Crippen molar-refractivity contribution in [2.45, 2.75) is 0 Å². The maximum atomic E-state index is 2.16. The standard InChI is InChI=1S/C28H22/c1(3-7-13-23-19-21-25-15-9-5-11-17-27(23)25)2-4-8-14-24-20-22-26-16-10-6-12-18-28(24)26/h1-22H/b3-1+,4-2+,13-7+,14-8+. The van der Waals surface area contributed by atoms with Gasteiger partial charge in [0.25, 0.3) is 0 Å². The predicted octanol–water partition coefficient (Wildman–Crippen LogP) is 7.74. The van der Waals surface area contributed by atoms with E-state index in [2.05, 4.69) is 134 Å². The van der Waals surface area contributed by atoms with Crippen molar-refractivity contribution in [3.05, 3.63) is 133 Å². The van der Waals surface area contributed by atoms with Crippen molar-refractivity contribution in [3.8, 4) is 22.3 Å². The van der Waals surface area contributed by atoms with Crippen LogP contribution in [0.15, 0.2) is 121 Å². The molecule has 4 aliphatic rings. The van der Waals surface area contributed by atoms with E-state index >= 15 is 0 Å². The van der Waals surface area contributed by atoms with Crippen LogP contribution in [-0.4, -0.2) is 0 Å². The van der Waals surface area contributed by atoms with Crippen LogP contribution in [0.3, 0.4) is 0 Å². The number of allylic oxidation sites excluding steroid dienone is 6. The Labute approximate surface area is 167 Å². The van der Waals surface area contributed by atoms with Gasteiger partial charge in [-0.3, -0.25) is 0 Å². The summed E-state index contributed by atoms with van der Waals surface area (Å²) in [4.78, 5) is 0. The van der Waals surface area contributed by atoms with Crippen molar-refractivity contribution >= 4 is 12.2 Å². The van der Waals surface area contributed by atoms with Crippen molar-refractivity contribution in [1.82, 2.24) is 0 Å². The predicted molar refractivity (Wildman–Crippen MR) is 122 cm³/mol. The van der Waals surface area contributed by atoms with Crippen molar-refractivity contribution < 1.29 is 0 Å². The Kier molecular flexibility index (Phi) is 5.60. The molecule has 0 aliphatic heterocycles. The first-order valence-electron chi connectivity index (χ1n) is 9.55. The summed E-state index contributed by atoms with van der Waals surface area (Å²) in [6, 6.07) is 29.7. The lowest BCUT2D eigenvalue weighted by molar-refractivity contribution is 1.78. The lowest BCUT2D eigenvalue weighted by Crippen LogP contribution is -1.70. The lowest BCUT2D eigenvalue weighted by Gasteiger charge is -1.94. The van der Waals surface area contributed by atoms with Gasteiger partial charge in [-0.15, -0.1) is 0 Å². The van der Waals surface area contributed by atoms with Gasteiger partial charge in [0.15, 0.2) is 0 Å². The van der Waals surface area contributed by atoms with Gasteiger partial charge in [-0.25, -0.2) is 0 Å². The highest BCUT2D eigenvalue weighted by Gasteiger charge is 2.04. The highest BCUT2D eigenvalue weighted by molar-refractivity contribution is 5.79. The summed E-state index contributed by atoms with van der Waals surface area (Å²) >= 11 is 0. The van der Waals surface area contributed by atoms with Gasteiger partial charge in [0.05, 0.1) is 0 Å². The van der Waals surface area contributed by atoms with Crippen molar-refractivity contribution in [2.24, 2.45) is 0 Å². The summed E-state index contributed by atoms with van der Waals surface area (Å²) in [6.45, 7) is 0. The molecule has 0 spiro atoms. The molecule has 0 unspecified atom stereocenters. The summed E-state index contributed by atoms with van der Waals surface area (Å²) in [7, 11) is 0. The van der Waals surface area contributed by atoms with Gasteiger partial charge in [-0.2, -0.15) is 0 Å². The molecule has 0 heteroatoms. The van der Waals surface area contributed by atoms with Crippen LogP contribution in [-0.2, 0) is 0 Å². The Bertz CT molecular complexity index is 1020. The minimum atomic E-state index is 1.25. The van der Waals surface area contributed by atoms with Gasteiger partial charge in [-0.1, -0.05) is 134 Å². The largest absolute Gasteiger partial charge is 0.0623 e. The molecular formula is C28H22. The van der Waals surface area contributed by atoms with Gasteiger partial charge in [0, 0.05) is 0 Å². The molecule has 0 saturated heterocycles. The van der Waals surface area contributed by atoms with Crippen molar-refractivity contribution in [2.75, 3.05) is 0 Å². The molecular weight excluding hydrogens is 336 g/mol. The zero-order valence-electron chi connectivity index (χ0n) is 15.7. The summed E-state index contributed by atoms with van der Waals surface area (Å²) < 4.78 is 0. The Morgan fingerprint density at radius 3 is 1.29 bits per heavy atom. The quantitative estimate of drug-likeness (QED) is 0.320. The van der Waals surface area contributed by atoms with Crippen LogP contribution in [0.1, 0.15) is 11.1 Å². The summed E-state index contributed by atoms with van der Waals surface area (Å²) in [5.41, 5.74) is 7.60. The Morgan fingerprint density at radius 1 is 0.357 bits per heavy atom. The topological polar surface area (TPSA) is 0 Å². The first-order chi connectivity index (χ1) is 13.9. The third kappa shape index (κ3) is 4.19. The smallest absolute Gasteiger partial charge is 0.0111 e. The lowest BCUT2D eigenvalue weighted by atomic mass is 10.1. The molecule has 0 aromatic carbocycles. The third-order valence-corrected chi connectivity index (χ3v) is 4.76. The first kappa shape index (κ1) is 17.8. The van der Waals surface area contributed by atoms with Gasteiger partial charge in [0.2, 0.25) is 0 Å². The van der Waals surface area contributed by atoms with Gasteiger partial charge in [-0.05, 0) is 33.4 Å². The minimum Gasteiger partial charge on any atom is -0.0623 e. The second-order valence-corrected chi connectivity index (χ2v) is 6.62. The summed E-state index contributed by atoms with van der Waals surface area (Å²) in [5, 5.41) is 0. The van der Waals surface area contributed by atoms with Crippen LogP contribution in [0.4, 0.5) is 0 Å². The van der Waals surface area contributed by atoms with Crippen molar-refractivity contribution in [1.29, 1.82) is 0 Å². The van der Waals surface area contributed by atoms with E-state index in [0.717, 1.165) is 0 Å². The molecule has 0 aromatic rings. The molecule has 4 rings (SSSR count).